The largest absolute Gasteiger partial charge is 0.374 e. The van der Waals surface area contributed by atoms with E-state index < -0.39 is 5.60 Å². The first-order valence-electron chi connectivity index (χ1n) is 4.67. The fourth-order valence-electron chi connectivity index (χ4n) is 1.48. The van der Waals surface area contributed by atoms with E-state index in [1.165, 1.54) is 0 Å². The molecule has 0 aromatic heterocycles. The third-order valence-electron chi connectivity index (χ3n) is 1.95. The number of β-amino-alcohol motifs (C(OH)–C–C–N with tert-alkyl or cyclic N) is 1. The molecule has 0 unspecified atom stereocenters. The van der Waals surface area contributed by atoms with Crippen LogP contribution in [0.3, 0.4) is 0 Å². The highest BCUT2D eigenvalue weighted by Crippen LogP contribution is 2.21. The van der Waals surface area contributed by atoms with Crippen molar-refractivity contribution in [3.63, 3.8) is 0 Å². The van der Waals surface area contributed by atoms with E-state index in [0.717, 1.165) is 0 Å². The number of thiol groups is 1. The summed E-state index contributed by atoms with van der Waals surface area (Å²) in [4.78, 5) is 12.9. The summed E-state index contributed by atoms with van der Waals surface area (Å²) in [5, 5.41) is 15.6. The summed E-state index contributed by atoms with van der Waals surface area (Å²) in [6.07, 6.45) is 4.06. The first-order valence-corrected chi connectivity index (χ1v) is 6.91. The number of likely N-dealkylation sites (tertiary alicyclic amines) is 1. The lowest BCUT2D eigenvalue weighted by molar-refractivity contribution is -0.0285. The third kappa shape index (κ3) is 2.67. The fourth-order valence-corrected chi connectivity index (χ4v) is 2.45. The SMILES string of the molecule is CCNC(=O)N1CC(O)(C#[SH](C)C)C1. The number of nitrogens with one attached hydrogen (secondary N) is 1. The van der Waals surface area contributed by atoms with E-state index in [9.17, 15) is 9.90 Å². The van der Waals surface area contributed by atoms with Crippen molar-refractivity contribution in [2.45, 2.75) is 12.5 Å². The van der Waals surface area contributed by atoms with Gasteiger partial charge in [-0.1, -0.05) is 5.18 Å². The fraction of sp³-hybridized carbons (Fsp3) is 0.778. The lowest BCUT2D eigenvalue weighted by atomic mass is 9.98. The molecule has 14 heavy (non-hydrogen) atoms. The minimum atomic E-state index is -0.861. The predicted octanol–water partition coefficient (Wildman–Crippen LogP) is -0.0174. The maximum absolute atomic E-state index is 11.3. The molecule has 0 saturated carbocycles. The van der Waals surface area contributed by atoms with Crippen LogP contribution in [0.5, 0.6) is 0 Å². The van der Waals surface area contributed by atoms with Gasteiger partial charge in [-0.2, -0.15) is 0 Å². The minimum absolute atomic E-state index is 0.101. The van der Waals surface area contributed by atoms with Gasteiger partial charge in [0.15, 0.2) is 5.60 Å². The van der Waals surface area contributed by atoms with Gasteiger partial charge < -0.3 is 15.3 Å². The molecule has 5 heteroatoms. The van der Waals surface area contributed by atoms with Crippen LogP contribution in [0.4, 0.5) is 4.79 Å². The molecule has 4 nitrogen and oxygen atoms in total. The van der Waals surface area contributed by atoms with Gasteiger partial charge in [0.25, 0.3) is 0 Å². The summed E-state index contributed by atoms with van der Waals surface area (Å²) in [5.41, 5.74) is -0.861. The van der Waals surface area contributed by atoms with Crippen LogP contribution in [0.1, 0.15) is 6.92 Å². The van der Waals surface area contributed by atoms with Crippen molar-refractivity contribution in [3.05, 3.63) is 0 Å². The predicted molar refractivity (Wildman–Crippen MR) is 60.3 cm³/mol. The quantitative estimate of drug-likeness (QED) is 0.542. The van der Waals surface area contributed by atoms with Crippen LogP contribution in [0.25, 0.3) is 0 Å². The Morgan fingerprint density at radius 3 is 2.64 bits per heavy atom. The lowest BCUT2D eigenvalue weighted by Crippen LogP contribution is -2.64. The third-order valence-corrected chi connectivity index (χ3v) is 2.82. The van der Waals surface area contributed by atoms with Gasteiger partial charge in [0.2, 0.25) is 0 Å². The Balaban J connectivity index is 2.47. The molecule has 2 amide bonds. The van der Waals surface area contributed by atoms with Crippen LogP contribution in [0.2, 0.25) is 0 Å². The zero-order valence-electron chi connectivity index (χ0n) is 8.87. The molecule has 0 aliphatic carbocycles. The molecule has 0 aromatic carbocycles. The summed E-state index contributed by atoms with van der Waals surface area (Å²) in [6, 6.07) is -0.101. The monoisotopic (exact) mass is 218 g/mol. The number of hydrogen-bond acceptors (Lipinski definition) is 2. The lowest BCUT2D eigenvalue weighted by Gasteiger charge is -2.43. The van der Waals surface area contributed by atoms with Crippen molar-refractivity contribution in [1.29, 1.82) is 0 Å². The standard InChI is InChI=1S/C9H18N2O2S/c1-4-10-8(12)11-5-9(13,6-11)7-14(2)3/h13-14H,4-6H2,1-3H3,(H,10,12). The van der Waals surface area contributed by atoms with Crippen LogP contribution in [0.15, 0.2) is 0 Å². The van der Waals surface area contributed by atoms with Gasteiger partial charge >= 0.3 is 6.03 Å². The molecule has 1 heterocycles. The average molecular weight is 218 g/mol. The second-order valence-electron chi connectivity index (χ2n) is 3.73. The van der Waals surface area contributed by atoms with Crippen molar-refractivity contribution in [3.8, 4) is 5.18 Å². The van der Waals surface area contributed by atoms with E-state index in [4.69, 9.17) is 0 Å². The van der Waals surface area contributed by atoms with Crippen LogP contribution in [0, 0.1) is 5.18 Å². The number of carbonyl (C=O) groups excluding carboxylic acids is 1. The van der Waals surface area contributed by atoms with Crippen LogP contribution >= 0.6 is 10.3 Å². The number of aliphatic hydroxyl groups is 1. The summed E-state index contributed by atoms with van der Waals surface area (Å²) in [7, 11) is -0.348. The van der Waals surface area contributed by atoms with Gasteiger partial charge in [-0.3, -0.25) is 0 Å². The number of nitrogens with zero attached hydrogens (tertiary/aromatic N) is 1. The van der Waals surface area contributed by atoms with Crippen molar-refractivity contribution in [1.82, 2.24) is 10.2 Å². The Labute approximate surface area is 86.8 Å². The van der Waals surface area contributed by atoms with Gasteiger partial charge in [-0.05, 0) is 19.4 Å². The Morgan fingerprint density at radius 2 is 2.21 bits per heavy atom. The summed E-state index contributed by atoms with van der Waals surface area (Å²) < 4.78 is 0. The first-order chi connectivity index (χ1) is 6.47. The van der Waals surface area contributed by atoms with E-state index >= 15 is 0 Å². The van der Waals surface area contributed by atoms with E-state index in [0.29, 0.717) is 19.6 Å². The molecule has 1 fully saturated rings. The molecule has 2 N–H and O–H groups in total. The maximum Gasteiger partial charge on any atom is 0.317 e. The Morgan fingerprint density at radius 1 is 1.64 bits per heavy atom. The Bertz CT molecular complexity index is 304. The molecule has 1 aliphatic heterocycles. The normalized spacial score (nSPS) is 18.8. The number of amides is 2. The van der Waals surface area contributed by atoms with Gasteiger partial charge in [0.05, 0.1) is 13.1 Å². The number of carbonyl (C=O) groups is 1. The van der Waals surface area contributed by atoms with Crippen molar-refractivity contribution < 1.29 is 9.90 Å². The smallest absolute Gasteiger partial charge is 0.317 e. The van der Waals surface area contributed by atoms with E-state index in [-0.39, 0.29) is 16.3 Å². The summed E-state index contributed by atoms with van der Waals surface area (Å²) in [5.74, 6) is 0. The van der Waals surface area contributed by atoms with E-state index in [2.05, 4.69) is 10.5 Å². The second kappa shape index (κ2) is 4.26. The first kappa shape index (κ1) is 11.4. The molecule has 0 spiro atoms. The van der Waals surface area contributed by atoms with Crippen LogP contribution in [-0.4, -0.2) is 53.8 Å². The highest BCUT2D eigenvalue weighted by molar-refractivity contribution is 8.05. The molecule has 0 bridgehead atoms. The van der Waals surface area contributed by atoms with Crippen LogP contribution in [-0.2, 0) is 0 Å². The molecule has 1 saturated heterocycles. The Kier molecular flexibility index (Phi) is 3.48. The molecular formula is C9H18N2O2S. The molecular weight excluding hydrogens is 200 g/mol. The molecule has 0 radical (unpaired) electrons. The average Bonchev–Trinajstić information content (AvgIpc) is 1.98. The summed E-state index contributed by atoms with van der Waals surface area (Å²) >= 11 is 0. The van der Waals surface area contributed by atoms with Gasteiger partial charge in [0, 0.05) is 6.54 Å². The van der Waals surface area contributed by atoms with Gasteiger partial charge in [-0.25, -0.2) is 15.1 Å². The van der Waals surface area contributed by atoms with Crippen molar-refractivity contribution >= 4 is 16.3 Å². The molecule has 1 rings (SSSR count). The van der Waals surface area contributed by atoms with Crippen molar-refractivity contribution in [2.24, 2.45) is 0 Å². The van der Waals surface area contributed by atoms with Gasteiger partial charge in [0.1, 0.15) is 0 Å². The molecule has 82 valence electrons. The van der Waals surface area contributed by atoms with Gasteiger partial charge in [-0.15, -0.1) is 0 Å². The highest BCUT2D eigenvalue weighted by Gasteiger charge is 2.42. The number of rotatable bonds is 1. The van der Waals surface area contributed by atoms with E-state index in [1.807, 2.05) is 19.4 Å². The zero-order valence-corrected chi connectivity index (χ0v) is 9.77. The maximum atomic E-state index is 11.3. The number of hydrogen-bond donors (Lipinski definition) is 3. The molecule has 0 aromatic rings. The van der Waals surface area contributed by atoms with Crippen molar-refractivity contribution in [2.75, 3.05) is 32.1 Å². The Hall–Kier alpha value is -0.640. The summed E-state index contributed by atoms with van der Waals surface area (Å²) in [6.45, 7) is 3.24. The van der Waals surface area contributed by atoms with Crippen LogP contribution < -0.4 is 5.32 Å². The minimum Gasteiger partial charge on any atom is -0.374 e. The number of urea groups is 1. The second-order valence-corrected chi connectivity index (χ2v) is 5.74. The molecule has 0 atom stereocenters. The highest BCUT2D eigenvalue weighted by atomic mass is 32.2. The zero-order chi connectivity index (χ0) is 10.8. The topological polar surface area (TPSA) is 52.6 Å². The van der Waals surface area contributed by atoms with E-state index in [1.54, 1.807) is 4.90 Å². The molecule has 1 aliphatic rings.